The number of ether oxygens (including phenoxy) is 2. The number of methoxy groups -OCH3 is 1. The van der Waals surface area contributed by atoms with Crippen molar-refractivity contribution < 1.29 is 14.3 Å². The van der Waals surface area contributed by atoms with Crippen LogP contribution in [0.3, 0.4) is 0 Å². The quantitative estimate of drug-likeness (QED) is 0.489. The predicted molar refractivity (Wildman–Crippen MR) is 116 cm³/mol. The van der Waals surface area contributed by atoms with Crippen molar-refractivity contribution in [3.05, 3.63) is 70.8 Å². The zero-order valence-corrected chi connectivity index (χ0v) is 18.0. The molecule has 0 N–H and O–H groups in total. The van der Waals surface area contributed by atoms with Crippen LogP contribution in [-0.2, 0) is 25.1 Å². The van der Waals surface area contributed by atoms with Crippen LogP contribution in [0.25, 0.3) is 0 Å². The van der Waals surface area contributed by atoms with E-state index in [-0.39, 0.29) is 10.8 Å². The number of rotatable bonds is 5. The fraction of sp³-hybridized carbons (Fsp3) is 0.423. The van der Waals surface area contributed by atoms with E-state index in [1.165, 1.54) is 18.2 Å². The summed E-state index contributed by atoms with van der Waals surface area (Å²) in [7, 11) is 1.49. The summed E-state index contributed by atoms with van der Waals surface area (Å²) in [6.07, 6.45) is 6.46. The number of esters is 1. The maximum atomic E-state index is 12.8. The number of benzene rings is 2. The van der Waals surface area contributed by atoms with Gasteiger partial charge >= 0.3 is 5.97 Å². The monoisotopic (exact) mass is 390 g/mol. The van der Waals surface area contributed by atoms with Gasteiger partial charge in [0, 0.05) is 12.7 Å². The van der Waals surface area contributed by atoms with Crippen LogP contribution in [0.15, 0.2) is 48.5 Å². The lowest BCUT2D eigenvalue weighted by atomic mass is 9.63. The molecule has 152 valence electrons. The zero-order chi connectivity index (χ0) is 21.2. The minimum Gasteiger partial charge on any atom is -0.442 e. The second kappa shape index (κ2) is 8.05. The van der Waals surface area contributed by atoms with E-state index in [9.17, 15) is 4.79 Å². The fourth-order valence-corrected chi connectivity index (χ4v) is 4.14. The normalized spacial score (nSPS) is 18.8. The van der Waals surface area contributed by atoms with Gasteiger partial charge in [0.1, 0.15) is 0 Å². The summed E-state index contributed by atoms with van der Waals surface area (Å²) in [4.78, 5) is 12.8. The molecular formula is C26H30O3. The van der Waals surface area contributed by atoms with E-state index in [1.807, 2.05) is 36.4 Å². The molecule has 0 radical (unpaired) electrons. The molecule has 2 aromatic carbocycles. The van der Waals surface area contributed by atoms with Crippen molar-refractivity contribution in [3.8, 4) is 12.3 Å². The number of terminal acetylenes is 1. The van der Waals surface area contributed by atoms with Crippen molar-refractivity contribution in [1.82, 2.24) is 0 Å². The molecule has 0 bridgehead atoms. The second-order valence-corrected chi connectivity index (χ2v) is 9.08. The Morgan fingerprint density at radius 1 is 0.966 bits per heavy atom. The van der Waals surface area contributed by atoms with Crippen LogP contribution in [-0.4, -0.2) is 13.1 Å². The molecule has 0 amide bonds. The summed E-state index contributed by atoms with van der Waals surface area (Å²) in [5, 5.41) is 0. The molecule has 0 saturated heterocycles. The Balaban J connectivity index is 1.89. The third-order valence-electron chi connectivity index (χ3n) is 6.12. The third-order valence-corrected chi connectivity index (χ3v) is 6.12. The summed E-state index contributed by atoms with van der Waals surface area (Å²) >= 11 is 0. The highest BCUT2D eigenvalue weighted by molar-refractivity contribution is 5.77. The molecule has 0 aliphatic heterocycles. The van der Waals surface area contributed by atoms with E-state index in [0.717, 1.165) is 24.0 Å². The summed E-state index contributed by atoms with van der Waals surface area (Å²) < 4.78 is 11.1. The Bertz CT molecular complexity index is 919. The van der Waals surface area contributed by atoms with Gasteiger partial charge in [-0.05, 0) is 40.4 Å². The van der Waals surface area contributed by atoms with Gasteiger partial charge in [0.2, 0.25) is 0 Å². The topological polar surface area (TPSA) is 35.5 Å². The van der Waals surface area contributed by atoms with Crippen molar-refractivity contribution in [2.45, 2.75) is 63.6 Å². The lowest BCUT2D eigenvalue weighted by molar-refractivity contribution is -0.159. The maximum Gasteiger partial charge on any atom is 0.341 e. The maximum absolute atomic E-state index is 12.8. The highest BCUT2D eigenvalue weighted by Gasteiger charge is 2.37. The number of hydrogen-bond acceptors (Lipinski definition) is 3. The standard InChI is InChI=1S/C26H30O3/c1-7-22(29-24(27)23(28-6)18-11-9-8-10-12-18)19-13-14-20-21(17-19)26(4,5)16-15-25(20,2)3/h1,8-14,17,22-23H,15-16H2,2-6H3/t22?,23-/m0/s1. The highest BCUT2D eigenvalue weighted by Crippen LogP contribution is 2.46. The van der Waals surface area contributed by atoms with Gasteiger partial charge in [0.25, 0.3) is 0 Å². The van der Waals surface area contributed by atoms with E-state index in [2.05, 4.69) is 45.7 Å². The average molecular weight is 391 g/mol. The molecule has 1 aliphatic rings. The molecule has 2 atom stereocenters. The number of carbonyl (C=O) groups is 1. The zero-order valence-electron chi connectivity index (χ0n) is 18.0. The molecule has 29 heavy (non-hydrogen) atoms. The van der Waals surface area contributed by atoms with Crippen LogP contribution in [0.4, 0.5) is 0 Å². The first kappa shape index (κ1) is 21.1. The first-order valence-electron chi connectivity index (χ1n) is 10.1. The van der Waals surface area contributed by atoms with E-state index in [1.54, 1.807) is 0 Å². The van der Waals surface area contributed by atoms with Gasteiger partial charge in [-0.3, -0.25) is 0 Å². The van der Waals surface area contributed by atoms with Crippen molar-refractivity contribution in [3.63, 3.8) is 0 Å². The number of hydrogen-bond donors (Lipinski definition) is 0. The predicted octanol–water partition coefficient (Wildman–Crippen LogP) is 5.64. The van der Waals surface area contributed by atoms with Crippen LogP contribution in [0.1, 0.15) is 75.0 Å². The number of fused-ring (bicyclic) bond motifs is 1. The lowest BCUT2D eigenvalue weighted by Crippen LogP contribution is -2.34. The Morgan fingerprint density at radius 3 is 2.17 bits per heavy atom. The summed E-state index contributed by atoms with van der Waals surface area (Å²) in [6.45, 7) is 9.08. The molecule has 3 rings (SSSR count). The van der Waals surface area contributed by atoms with Crippen LogP contribution in [0.2, 0.25) is 0 Å². The van der Waals surface area contributed by atoms with Crippen molar-refractivity contribution in [1.29, 1.82) is 0 Å². The van der Waals surface area contributed by atoms with Crippen molar-refractivity contribution in [2.24, 2.45) is 0 Å². The van der Waals surface area contributed by atoms with Crippen LogP contribution in [0, 0.1) is 12.3 Å². The minimum absolute atomic E-state index is 0.0587. The molecule has 2 aromatic rings. The Morgan fingerprint density at radius 2 is 1.59 bits per heavy atom. The molecule has 3 heteroatoms. The SMILES string of the molecule is C#CC(OC(=O)[C@@H](OC)c1ccccc1)c1ccc2c(c1)C(C)(C)CCC2(C)C. The second-order valence-electron chi connectivity index (χ2n) is 9.08. The lowest BCUT2D eigenvalue weighted by Gasteiger charge is -2.42. The van der Waals surface area contributed by atoms with Crippen LogP contribution in [0.5, 0.6) is 0 Å². The molecule has 0 spiro atoms. The van der Waals surface area contributed by atoms with Crippen molar-refractivity contribution in [2.75, 3.05) is 7.11 Å². The Labute approximate surface area is 174 Å². The van der Waals surface area contributed by atoms with Gasteiger partial charge < -0.3 is 9.47 Å². The molecule has 0 saturated carbocycles. The summed E-state index contributed by atoms with van der Waals surface area (Å²) in [5.74, 6) is 2.15. The van der Waals surface area contributed by atoms with Crippen LogP contribution >= 0.6 is 0 Å². The first-order chi connectivity index (χ1) is 13.7. The van der Waals surface area contributed by atoms with Crippen molar-refractivity contribution >= 4 is 5.97 Å². The first-order valence-corrected chi connectivity index (χ1v) is 10.1. The molecule has 1 unspecified atom stereocenters. The summed E-state index contributed by atoms with van der Waals surface area (Å²) in [6, 6.07) is 15.5. The Kier molecular flexibility index (Phi) is 5.87. The average Bonchev–Trinajstić information content (AvgIpc) is 2.71. The van der Waals surface area contributed by atoms with Gasteiger partial charge in [-0.1, -0.05) is 82.1 Å². The van der Waals surface area contributed by atoms with Gasteiger partial charge in [-0.15, -0.1) is 6.42 Å². The largest absolute Gasteiger partial charge is 0.442 e. The molecule has 0 fully saturated rings. The molecule has 0 heterocycles. The van der Waals surface area contributed by atoms with Gasteiger partial charge in [-0.2, -0.15) is 0 Å². The van der Waals surface area contributed by atoms with E-state index >= 15 is 0 Å². The van der Waals surface area contributed by atoms with Gasteiger partial charge in [-0.25, -0.2) is 4.79 Å². The number of carbonyl (C=O) groups excluding carboxylic acids is 1. The minimum atomic E-state index is -0.806. The van der Waals surface area contributed by atoms with E-state index < -0.39 is 18.2 Å². The molecular weight excluding hydrogens is 360 g/mol. The molecule has 1 aliphatic carbocycles. The highest BCUT2D eigenvalue weighted by atomic mass is 16.6. The van der Waals surface area contributed by atoms with Gasteiger partial charge in [0.05, 0.1) is 0 Å². The van der Waals surface area contributed by atoms with Crippen LogP contribution < -0.4 is 0 Å². The van der Waals surface area contributed by atoms with E-state index in [4.69, 9.17) is 15.9 Å². The fourth-order valence-electron chi connectivity index (χ4n) is 4.14. The van der Waals surface area contributed by atoms with Gasteiger partial charge in [0.15, 0.2) is 12.2 Å². The van der Waals surface area contributed by atoms with E-state index in [0.29, 0.717) is 0 Å². The molecule has 0 aromatic heterocycles. The third kappa shape index (κ3) is 4.23. The molecule has 3 nitrogen and oxygen atoms in total. The Hall–Kier alpha value is -2.57. The summed E-state index contributed by atoms with van der Waals surface area (Å²) in [5.41, 5.74) is 4.38. The smallest absolute Gasteiger partial charge is 0.341 e.